The fourth-order valence-electron chi connectivity index (χ4n) is 5.75. The maximum absolute atomic E-state index is 13.4. The van der Waals surface area contributed by atoms with Crippen LogP contribution < -0.4 is 5.32 Å². The third-order valence-electron chi connectivity index (χ3n) is 7.69. The van der Waals surface area contributed by atoms with E-state index in [1.165, 1.54) is 4.90 Å². The van der Waals surface area contributed by atoms with Crippen LogP contribution in [0.4, 0.5) is 4.79 Å². The van der Waals surface area contributed by atoms with Gasteiger partial charge in [-0.15, -0.1) is 0 Å². The number of ether oxygens (including phenoxy) is 2. The summed E-state index contributed by atoms with van der Waals surface area (Å²) in [5.41, 5.74) is 4.34. The first kappa shape index (κ1) is 27.9. The Bertz CT molecular complexity index is 1420. The molecule has 2 atom stereocenters. The van der Waals surface area contributed by atoms with Crippen LogP contribution in [0.3, 0.4) is 0 Å². The van der Waals surface area contributed by atoms with Crippen LogP contribution in [0, 0.1) is 5.41 Å². The molecular formula is C32H32N2O7. The van der Waals surface area contributed by atoms with Crippen molar-refractivity contribution in [2.24, 2.45) is 5.41 Å². The van der Waals surface area contributed by atoms with E-state index in [2.05, 4.69) is 5.32 Å². The second-order valence-corrected chi connectivity index (χ2v) is 11.1. The van der Waals surface area contributed by atoms with E-state index >= 15 is 0 Å². The van der Waals surface area contributed by atoms with Gasteiger partial charge in [-0.2, -0.15) is 0 Å². The van der Waals surface area contributed by atoms with E-state index in [1.807, 2.05) is 66.7 Å². The van der Waals surface area contributed by atoms with Gasteiger partial charge in [0.15, 0.2) is 0 Å². The lowest BCUT2D eigenvalue weighted by atomic mass is 9.74. The molecule has 0 bridgehead atoms. The number of nitrogens with zero attached hydrogens (tertiary/aromatic N) is 1. The second kappa shape index (κ2) is 11.4. The van der Waals surface area contributed by atoms with Gasteiger partial charge in [-0.25, -0.2) is 9.59 Å². The van der Waals surface area contributed by atoms with E-state index in [9.17, 15) is 24.3 Å². The number of nitrogens with one attached hydrogen (secondary N) is 1. The van der Waals surface area contributed by atoms with Crippen molar-refractivity contribution >= 4 is 23.9 Å². The Morgan fingerprint density at radius 1 is 0.902 bits per heavy atom. The maximum Gasteiger partial charge on any atom is 0.407 e. The lowest BCUT2D eigenvalue weighted by molar-refractivity contribution is -0.173. The highest BCUT2D eigenvalue weighted by Gasteiger charge is 2.54. The molecule has 5 rings (SSSR count). The van der Waals surface area contributed by atoms with Crippen molar-refractivity contribution in [3.63, 3.8) is 0 Å². The van der Waals surface area contributed by atoms with Crippen LogP contribution in [0.5, 0.6) is 0 Å². The lowest BCUT2D eigenvalue weighted by Crippen LogP contribution is -2.69. The molecule has 212 valence electrons. The number of rotatable bonds is 9. The van der Waals surface area contributed by atoms with Gasteiger partial charge in [0.1, 0.15) is 25.3 Å². The molecule has 1 saturated heterocycles. The number of alkyl carbamates (subject to hydrolysis) is 1. The molecular weight excluding hydrogens is 524 g/mol. The molecule has 1 fully saturated rings. The molecule has 0 aromatic heterocycles. The van der Waals surface area contributed by atoms with Crippen molar-refractivity contribution in [2.45, 2.75) is 44.9 Å². The highest BCUT2D eigenvalue weighted by molar-refractivity contribution is 5.93. The van der Waals surface area contributed by atoms with Crippen molar-refractivity contribution in [3.05, 3.63) is 95.6 Å². The van der Waals surface area contributed by atoms with Gasteiger partial charge in [0.25, 0.3) is 0 Å². The topological polar surface area (TPSA) is 122 Å². The number of carbonyl (C=O) groups is 4. The number of carbonyl (C=O) groups excluding carboxylic acids is 3. The summed E-state index contributed by atoms with van der Waals surface area (Å²) >= 11 is 0. The van der Waals surface area contributed by atoms with Crippen LogP contribution >= 0.6 is 0 Å². The van der Waals surface area contributed by atoms with Crippen LogP contribution in [0.15, 0.2) is 78.9 Å². The Hall–Kier alpha value is -4.66. The number of fused-ring (bicyclic) bond motifs is 3. The average molecular weight is 557 g/mol. The first-order valence-corrected chi connectivity index (χ1v) is 13.5. The Balaban J connectivity index is 1.28. The zero-order valence-corrected chi connectivity index (χ0v) is 22.9. The molecule has 41 heavy (non-hydrogen) atoms. The van der Waals surface area contributed by atoms with Gasteiger partial charge in [-0.3, -0.25) is 9.59 Å². The van der Waals surface area contributed by atoms with Crippen molar-refractivity contribution < 1.29 is 33.8 Å². The Morgan fingerprint density at radius 2 is 1.49 bits per heavy atom. The van der Waals surface area contributed by atoms with Crippen LogP contribution in [0.1, 0.15) is 42.9 Å². The van der Waals surface area contributed by atoms with Gasteiger partial charge >= 0.3 is 18.0 Å². The zero-order valence-electron chi connectivity index (χ0n) is 22.9. The first-order chi connectivity index (χ1) is 19.7. The minimum Gasteiger partial charge on any atom is -0.480 e. The molecule has 0 spiro atoms. The number of amides is 2. The highest BCUT2D eigenvalue weighted by Crippen LogP contribution is 2.44. The summed E-state index contributed by atoms with van der Waals surface area (Å²) in [4.78, 5) is 52.2. The third-order valence-corrected chi connectivity index (χ3v) is 7.69. The van der Waals surface area contributed by atoms with Gasteiger partial charge in [0.05, 0.1) is 6.42 Å². The molecule has 2 aliphatic rings. The Morgan fingerprint density at radius 3 is 2.07 bits per heavy atom. The lowest BCUT2D eigenvalue weighted by Gasteiger charge is -2.52. The Labute approximate surface area is 238 Å². The quantitative estimate of drug-likeness (QED) is 0.376. The van der Waals surface area contributed by atoms with Gasteiger partial charge in [0, 0.05) is 17.9 Å². The van der Waals surface area contributed by atoms with Crippen LogP contribution in [0.2, 0.25) is 0 Å². The largest absolute Gasteiger partial charge is 0.480 e. The number of esters is 1. The standard InChI is InChI=1S/C32H32N2O7/c1-32(2)19-34(28(32)30(37)38)29(36)26(16-27(35)40-17-20-10-4-3-5-11-20)33-31(39)41-18-25-23-14-8-6-12-21(23)22-13-7-9-15-24(22)25/h3-15,25-26,28H,16-19H2,1-2H3,(H,33,39)(H,37,38)/t26-,28?/m0/s1. The summed E-state index contributed by atoms with van der Waals surface area (Å²) in [5.74, 6) is -2.73. The smallest absolute Gasteiger partial charge is 0.407 e. The number of carboxylic acids is 1. The van der Waals surface area contributed by atoms with Crippen molar-refractivity contribution in [1.82, 2.24) is 10.2 Å². The fourth-order valence-corrected chi connectivity index (χ4v) is 5.75. The molecule has 0 radical (unpaired) electrons. The third kappa shape index (κ3) is 5.79. The Kier molecular flexibility index (Phi) is 7.79. The van der Waals surface area contributed by atoms with Gasteiger partial charge in [-0.1, -0.05) is 92.7 Å². The molecule has 9 heteroatoms. The van der Waals surface area contributed by atoms with Gasteiger partial charge in [-0.05, 0) is 27.8 Å². The molecule has 9 nitrogen and oxygen atoms in total. The number of benzene rings is 3. The molecule has 3 aromatic carbocycles. The zero-order chi connectivity index (χ0) is 29.1. The van der Waals surface area contributed by atoms with E-state index in [1.54, 1.807) is 26.0 Å². The van der Waals surface area contributed by atoms with E-state index in [0.29, 0.717) is 0 Å². The average Bonchev–Trinajstić information content (AvgIpc) is 3.27. The predicted octanol–water partition coefficient (Wildman–Crippen LogP) is 4.35. The summed E-state index contributed by atoms with van der Waals surface area (Å²) in [6.45, 7) is 3.69. The summed E-state index contributed by atoms with van der Waals surface area (Å²) < 4.78 is 10.9. The summed E-state index contributed by atoms with van der Waals surface area (Å²) in [5, 5.41) is 12.2. The highest BCUT2D eigenvalue weighted by atomic mass is 16.5. The van der Waals surface area contributed by atoms with Crippen LogP contribution in [0.25, 0.3) is 11.1 Å². The summed E-state index contributed by atoms with van der Waals surface area (Å²) in [6, 6.07) is 22.4. The van der Waals surface area contributed by atoms with E-state index in [0.717, 1.165) is 27.8 Å². The van der Waals surface area contributed by atoms with Crippen LogP contribution in [-0.2, 0) is 30.5 Å². The van der Waals surface area contributed by atoms with Crippen LogP contribution in [-0.4, -0.2) is 59.2 Å². The molecule has 1 aliphatic heterocycles. The second-order valence-electron chi connectivity index (χ2n) is 11.1. The number of carboxylic acid groups (broad SMARTS) is 1. The first-order valence-electron chi connectivity index (χ1n) is 13.5. The van der Waals surface area contributed by atoms with Gasteiger partial charge in [0.2, 0.25) is 5.91 Å². The fraction of sp³-hybridized carbons (Fsp3) is 0.312. The predicted molar refractivity (Wildman–Crippen MR) is 150 cm³/mol. The van der Waals surface area contributed by atoms with Crippen molar-refractivity contribution in [3.8, 4) is 11.1 Å². The van der Waals surface area contributed by atoms with Crippen molar-refractivity contribution in [1.29, 1.82) is 0 Å². The molecule has 1 aliphatic carbocycles. The summed E-state index contributed by atoms with van der Waals surface area (Å²) in [6.07, 6.45) is -1.35. The minimum absolute atomic E-state index is 0.0000243. The molecule has 1 unspecified atom stereocenters. The maximum atomic E-state index is 13.4. The number of aliphatic carboxylic acids is 1. The number of hydrogen-bond donors (Lipinski definition) is 2. The SMILES string of the molecule is CC1(C)CN(C(=O)[C@H](CC(=O)OCc2ccccc2)NC(=O)OCC2c3ccccc3-c3ccccc32)C1C(=O)O. The molecule has 2 amide bonds. The van der Waals surface area contributed by atoms with E-state index in [-0.39, 0.29) is 25.7 Å². The molecule has 3 aromatic rings. The monoisotopic (exact) mass is 556 g/mol. The molecule has 0 saturated carbocycles. The van der Waals surface area contributed by atoms with Gasteiger partial charge < -0.3 is 24.8 Å². The van der Waals surface area contributed by atoms with Crippen molar-refractivity contribution in [2.75, 3.05) is 13.2 Å². The van der Waals surface area contributed by atoms with E-state index in [4.69, 9.17) is 9.47 Å². The normalized spacial score (nSPS) is 17.4. The number of hydrogen-bond acceptors (Lipinski definition) is 6. The molecule has 2 N–H and O–H groups in total. The number of likely N-dealkylation sites (tertiary alicyclic amines) is 1. The summed E-state index contributed by atoms with van der Waals surface area (Å²) in [7, 11) is 0. The molecule has 1 heterocycles. The van der Waals surface area contributed by atoms with E-state index < -0.39 is 47.9 Å². The minimum atomic E-state index is -1.35.